The van der Waals surface area contributed by atoms with E-state index in [2.05, 4.69) is 5.32 Å². The zero-order valence-electron chi connectivity index (χ0n) is 9.07. The van der Waals surface area contributed by atoms with Crippen LogP contribution in [0.5, 0.6) is 0 Å². The molecule has 0 aliphatic carbocycles. The summed E-state index contributed by atoms with van der Waals surface area (Å²) in [6.07, 6.45) is 0.284. The van der Waals surface area contributed by atoms with E-state index in [4.69, 9.17) is 11.6 Å². The van der Waals surface area contributed by atoms with Crippen molar-refractivity contribution >= 4 is 23.3 Å². The number of rotatable bonds is 5. The minimum absolute atomic E-state index is 0.0312. The van der Waals surface area contributed by atoms with Crippen molar-refractivity contribution in [3.63, 3.8) is 0 Å². The summed E-state index contributed by atoms with van der Waals surface area (Å²) >= 11 is 5.42. The average molecular weight is 240 g/mol. The Balaban J connectivity index is 2.79. The first-order chi connectivity index (χ1) is 7.63. The van der Waals surface area contributed by atoms with E-state index in [9.17, 15) is 9.59 Å². The highest BCUT2D eigenvalue weighted by atomic mass is 35.5. The topological polar surface area (TPSA) is 46.2 Å². The van der Waals surface area contributed by atoms with Crippen molar-refractivity contribution < 1.29 is 9.59 Å². The highest BCUT2D eigenvalue weighted by molar-refractivity contribution is 6.27. The first kappa shape index (κ1) is 12.7. The van der Waals surface area contributed by atoms with Crippen molar-refractivity contribution in [2.24, 2.45) is 0 Å². The Morgan fingerprint density at radius 3 is 2.44 bits per heavy atom. The van der Waals surface area contributed by atoms with E-state index in [1.54, 1.807) is 0 Å². The third-order valence-electron chi connectivity index (χ3n) is 2.15. The number of halogens is 1. The molecule has 0 saturated carbocycles. The number of amides is 1. The van der Waals surface area contributed by atoms with Crippen molar-refractivity contribution in [2.75, 3.05) is 5.88 Å². The third-order valence-corrected chi connectivity index (χ3v) is 2.39. The number of hydrogen-bond acceptors (Lipinski definition) is 2. The molecule has 0 unspecified atom stereocenters. The van der Waals surface area contributed by atoms with E-state index in [0.29, 0.717) is 0 Å². The van der Waals surface area contributed by atoms with E-state index in [-0.39, 0.29) is 30.0 Å². The Bertz CT molecular complexity index is 365. The van der Waals surface area contributed by atoms with Gasteiger partial charge in [-0.25, -0.2) is 0 Å². The normalized spacial score (nSPS) is 11.9. The van der Waals surface area contributed by atoms with Crippen LogP contribution < -0.4 is 5.32 Å². The summed E-state index contributed by atoms with van der Waals surface area (Å²) < 4.78 is 0. The predicted molar refractivity (Wildman–Crippen MR) is 63.3 cm³/mol. The first-order valence-corrected chi connectivity index (χ1v) is 5.56. The summed E-state index contributed by atoms with van der Waals surface area (Å²) in [6, 6.07) is 9.09. The second kappa shape index (κ2) is 6.28. The lowest BCUT2D eigenvalue weighted by Gasteiger charge is -2.17. The zero-order chi connectivity index (χ0) is 12.0. The molecule has 1 atom stereocenters. The van der Waals surface area contributed by atoms with Gasteiger partial charge in [0.2, 0.25) is 5.91 Å². The largest absolute Gasteiger partial charge is 0.348 e. The maximum Gasteiger partial charge on any atom is 0.235 e. The molecule has 0 saturated heterocycles. The maximum absolute atomic E-state index is 11.2. The number of hydrogen-bond donors (Lipinski definition) is 1. The van der Waals surface area contributed by atoms with E-state index in [1.165, 1.54) is 6.92 Å². The molecule has 86 valence electrons. The highest BCUT2D eigenvalue weighted by Crippen LogP contribution is 2.16. The van der Waals surface area contributed by atoms with Gasteiger partial charge in [-0.15, -0.1) is 11.6 Å². The summed E-state index contributed by atoms with van der Waals surface area (Å²) in [4.78, 5) is 22.3. The number of nitrogens with one attached hydrogen (secondary N) is 1. The SMILES string of the molecule is CC(=O)C[C@@H](NC(=O)CCl)c1ccccc1. The van der Waals surface area contributed by atoms with Gasteiger partial charge >= 0.3 is 0 Å². The van der Waals surface area contributed by atoms with Crippen LogP contribution in [0.3, 0.4) is 0 Å². The number of carbonyl (C=O) groups is 2. The molecule has 0 bridgehead atoms. The third kappa shape index (κ3) is 4.03. The van der Waals surface area contributed by atoms with Gasteiger partial charge in [0.1, 0.15) is 11.7 Å². The van der Waals surface area contributed by atoms with Gasteiger partial charge in [0.25, 0.3) is 0 Å². The van der Waals surface area contributed by atoms with Crippen LogP contribution in [0.1, 0.15) is 24.9 Å². The van der Waals surface area contributed by atoms with Crippen LogP contribution in [0, 0.1) is 0 Å². The Hall–Kier alpha value is -1.35. The van der Waals surface area contributed by atoms with Crippen molar-refractivity contribution in [1.82, 2.24) is 5.32 Å². The molecule has 3 nitrogen and oxygen atoms in total. The standard InChI is InChI=1S/C12H14ClNO2/c1-9(15)7-11(14-12(16)8-13)10-5-3-2-4-6-10/h2-6,11H,7-8H2,1H3,(H,14,16)/t11-/m1/s1. The highest BCUT2D eigenvalue weighted by Gasteiger charge is 2.15. The number of ketones is 1. The number of carbonyl (C=O) groups excluding carboxylic acids is 2. The van der Waals surface area contributed by atoms with E-state index in [0.717, 1.165) is 5.56 Å². The van der Waals surface area contributed by atoms with Crippen LogP contribution in [0.15, 0.2) is 30.3 Å². The molecular formula is C12H14ClNO2. The molecule has 1 aromatic rings. The van der Waals surface area contributed by atoms with Gasteiger partial charge in [0, 0.05) is 6.42 Å². The minimum Gasteiger partial charge on any atom is -0.348 e. The molecule has 0 aliphatic heterocycles. The minimum atomic E-state index is -0.287. The number of benzene rings is 1. The molecule has 0 heterocycles. The lowest BCUT2D eigenvalue weighted by atomic mass is 10.0. The van der Waals surface area contributed by atoms with Crippen molar-refractivity contribution in [3.05, 3.63) is 35.9 Å². The molecule has 0 spiro atoms. The second-order valence-electron chi connectivity index (χ2n) is 3.57. The summed E-state index contributed by atoms with van der Waals surface area (Å²) in [6.45, 7) is 1.50. The van der Waals surface area contributed by atoms with Gasteiger partial charge in [0.15, 0.2) is 0 Å². The van der Waals surface area contributed by atoms with E-state index >= 15 is 0 Å². The molecule has 0 aromatic heterocycles. The quantitative estimate of drug-likeness (QED) is 0.800. The number of Topliss-reactive ketones (excluding diaryl/α,β-unsaturated/α-hetero) is 1. The van der Waals surface area contributed by atoms with Crippen LogP contribution >= 0.6 is 11.6 Å². The molecule has 1 aromatic carbocycles. The van der Waals surface area contributed by atoms with Crippen molar-refractivity contribution in [2.45, 2.75) is 19.4 Å². The zero-order valence-corrected chi connectivity index (χ0v) is 9.83. The van der Waals surface area contributed by atoms with Gasteiger partial charge in [-0.1, -0.05) is 30.3 Å². The van der Waals surface area contributed by atoms with Crippen LogP contribution in [-0.2, 0) is 9.59 Å². The van der Waals surface area contributed by atoms with Crippen molar-refractivity contribution in [1.29, 1.82) is 0 Å². The summed E-state index contributed by atoms with van der Waals surface area (Å²) in [5, 5.41) is 2.72. The summed E-state index contributed by atoms with van der Waals surface area (Å²) in [5.74, 6) is -0.332. The summed E-state index contributed by atoms with van der Waals surface area (Å²) in [7, 11) is 0. The Morgan fingerprint density at radius 2 is 1.94 bits per heavy atom. The summed E-state index contributed by atoms with van der Waals surface area (Å²) in [5.41, 5.74) is 0.913. The average Bonchev–Trinajstić information content (AvgIpc) is 2.28. The molecule has 1 amide bonds. The molecule has 0 fully saturated rings. The fourth-order valence-corrected chi connectivity index (χ4v) is 1.54. The lowest BCUT2D eigenvalue weighted by Crippen LogP contribution is -2.30. The van der Waals surface area contributed by atoms with Crippen LogP contribution in [-0.4, -0.2) is 17.6 Å². The molecule has 4 heteroatoms. The van der Waals surface area contributed by atoms with Gasteiger partial charge in [-0.3, -0.25) is 9.59 Å². The van der Waals surface area contributed by atoms with Crippen molar-refractivity contribution in [3.8, 4) is 0 Å². The van der Waals surface area contributed by atoms with Gasteiger partial charge in [-0.2, -0.15) is 0 Å². The van der Waals surface area contributed by atoms with Crippen LogP contribution in [0.25, 0.3) is 0 Å². The van der Waals surface area contributed by atoms with Crippen LogP contribution in [0.2, 0.25) is 0 Å². The second-order valence-corrected chi connectivity index (χ2v) is 3.84. The molecule has 0 aliphatic rings. The Morgan fingerprint density at radius 1 is 1.31 bits per heavy atom. The van der Waals surface area contributed by atoms with Gasteiger partial charge in [-0.05, 0) is 12.5 Å². The van der Waals surface area contributed by atoms with E-state index in [1.807, 2.05) is 30.3 Å². The molecule has 0 radical (unpaired) electrons. The number of alkyl halides is 1. The molecular weight excluding hydrogens is 226 g/mol. The smallest absolute Gasteiger partial charge is 0.235 e. The fraction of sp³-hybridized carbons (Fsp3) is 0.333. The van der Waals surface area contributed by atoms with Crippen LogP contribution in [0.4, 0.5) is 0 Å². The predicted octanol–water partition coefficient (Wildman–Crippen LogP) is 2.06. The lowest BCUT2D eigenvalue weighted by molar-refractivity contribution is -0.120. The monoisotopic (exact) mass is 239 g/mol. The fourth-order valence-electron chi connectivity index (χ4n) is 1.46. The van der Waals surface area contributed by atoms with Gasteiger partial charge < -0.3 is 5.32 Å². The van der Waals surface area contributed by atoms with E-state index < -0.39 is 0 Å². The Labute approximate surface area is 99.8 Å². The Kier molecular flexibility index (Phi) is 4.99. The first-order valence-electron chi connectivity index (χ1n) is 5.03. The maximum atomic E-state index is 11.2. The molecule has 1 N–H and O–H groups in total. The molecule has 16 heavy (non-hydrogen) atoms. The van der Waals surface area contributed by atoms with Gasteiger partial charge in [0.05, 0.1) is 6.04 Å². The molecule has 1 rings (SSSR count).